The van der Waals surface area contributed by atoms with Gasteiger partial charge in [-0.15, -0.1) is 0 Å². The molecule has 1 saturated heterocycles. The molecule has 2 amide bonds. The predicted molar refractivity (Wildman–Crippen MR) is 104 cm³/mol. The van der Waals surface area contributed by atoms with Gasteiger partial charge in [-0.05, 0) is 36.5 Å². The fraction of sp³-hybridized carbons (Fsp3) is 0.571. The van der Waals surface area contributed by atoms with E-state index in [1.54, 1.807) is 0 Å². The summed E-state index contributed by atoms with van der Waals surface area (Å²) in [5.41, 5.74) is 1.22. The van der Waals surface area contributed by atoms with Crippen molar-refractivity contribution in [2.24, 2.45) is 5.92 Å². The fourth-order valence-electron chi connectivity index (χ4n) is 4.08. The molecule has 3 aliphatic rings. The Morgan fingerprint density at radius 3 is 2.67 bits per heavy atom. The summed E-state index contributed by atoms with van der Waals surface area (Å²) in [4.78, 5) is 16.6. The number of benzene rings is 1. The van der Waals surface area contributed by atoms with Crippen LogP contribution >= 0.6 is 0 Å². The van der Waals surface area contributed by atoms with Crippen molar-refractivity contribution in [1.82, 2.24) is 15.1 Å². The van der Waals surface area contributed by atoms with Crippen LogP contribution in [0.4, 0.5) is 4.79 Å². The topological polar surface area (TPSA) is 54.0 Å². The van der Waals surface area contributed by atoms with Crippen LogP contribution in [-0.2, 0) is 6.54 Å². The average molecular weight is 371 g/mol. The summed E-state index contributed by atoms with van der Waals surface area (Å²) >= 11 is 0. The molecule has 0 bridgehead atoms. The summed E-state index contributed by atoms with van der Waals surface area (Å²) in [5, 5.41) is 2.95. The number of hydrogen-bond donors (Lipinski definition) is 1. The Kier molecular flexibility index (Phi) is 5.82. The number of hydrogen-bond acceptors (Lipinski definition) is 4. The number of urea groups is 1. The van der Waals surface area contributed by atoms with E-state index in [1.165, 1.54) is 37.7 Å². The third-order valence-corrected chi connectivity index (χ3v) is 5.73. The Labute approximate surface area is 161 Å². The van der Waals surface area contributed by atoms with Crippen LogP contribution in [-0.4, -0.2) is 48.8 Å². The quantitative estimate of drug-likeness (QED) is 0.882. The number of allylic oxidation sites excluding steroid dienone is 1. The number of nitrogens with zero attached hydrogens (tertiary/aromatic N) is 2. The molecule has 2 heterocycles. The molecule has 27 heavy (non-hydrogen) atoms. The van der Waals surface area contributed by atoms with Gasteiger partial charge in [0.05, 0.1) is 0 Å². The van der Waals surface area contributed by atoms with E-state index in [9.17, 15) is 4.79 Å². The van der Waals surface area contributed by atoms with E-state index in [0.29, 0.717) is 12.7 Å². The lowest BCUT2D eigenvalue weighted by molar-refractivity contribution is 0.137. The van der Waals surface area contributed by atoms with Gasteiger partial charge in [0, 0.05) is 38.9 Å². The first-order chi connectivity index (χ1) is 13.3. The highest BCUT2D eigenvalue weighted by molar-refractivity contribution is 5.75. The molecule has 146 valence electrons. The van der Waals surface area contributed by atoms with Gasteiger partial charge in [-0.2, -0.15) is 0 Å². The highest BCUT2D eigenvalue weighted by atomic mass is 16.7. The number of nitrogens with one attached hydrogen (secondary N) is 1. The Balaban J connectivity index is 1.20. The third-order valence-electron chi connectivity index (χ3n) is 5.73. The minimum atomic E-state index is 0.0183. The molecule has 0 spiro atoms. The van der Waals surface area contributed by atoms with Crippen LogP contribution in [0.1, 0.15) is 37.7 Å². The predicted octanol–water partition coefficient (Wildman–Crippen LogP) is 3.34. The molecule has 1 saturated carbocycles. The zero-order valence-corrected chi connectivity index (χ0v) is 15.9. The molecule has 6 nitrogen and oxygen atoms in total. The fourth-order valence-corrected chi connectivity index (χ4v) is 4.08. The molecule has 1 aromatic carbocycles. The third kappa shape index (κ3) is 4.75. The lowest BCUT2D eigenvalue weighted by Gasteiger charge is -2.34. The van der Waals surface area contributed by atoms with Crippen molar-refractivity contribution in [2.45, 2.75) is 38.6 Å². The molecule has 4 rings (SSSR count). The second-order valence-electron chi connectivity index (χ2n) is 7.66. The van der Waals surface area contributed by atoms with Crippen LogP contribution in [0, 0.1) is 5.92 Å². The number of ether oxygens (including phenoxy) is 2. The standard InChI is InChI=1S/C21H29N3O3/c25-21(22-9-8-17-4-2-1-3-5-17)24-12-10-23(11-13-24)15-18-6-7-19-20(14-18)27-16-26-19/h6-9,14,17H,1-5,10-13,15-16H2,(H,22,25)/b9-8+. The second kappa shape index (κ2) is 8.65. The van der Waals surface area contributed by atoms with E-state index < -0.39 is 0 Å². The van der Waals surface area contributed by atoms with Crippen LogP contribution < -0.4 is 14.8 Å². The van der Waals surface area contributed by atoms with Crippen molar-refractivity contribution < 1.29 is 14.3 Å². The lowest BCUT2D eigenvalue weighted by Crippen LogP contribution is -2.50. The Bertz CT molecular complexity index is 677. The highest BCUT2D eigenvalue weighted by Crippen LogP contribution is 2.32. The van der Waals surface area contributed by atoms with Crippen molar-refractivity contribution in [3.8, 4) is 11.5 Å². The molecule has 2 aliphatic heterocycles. The van der Waals surface area contributed by atoms with Gasteiger partial charge >= 0.3 is 6.03 Å². The van der Waals surface area contributed by atoms with Gasteiger partial charge in [0.1, 0.15) is 0 Å². The lowest BCUT2D eigenvalue weighted by atomic mass is 9.89. The molecule has 0 aromatic heterocycles. The summed E-state index contributed by atoms with van der Waals surface area (Å²) < 4.78 is 10.8. The van der Waals surface area contributed by atoms with Crippen LogP contribution in [0.2, 0.25) is 0 Å². The minimum Gasteiger partial charge on any atom is -0.454 e. The SMILES string of the molecule is O=C(N/C=C/C1CCCCC1)N1CCN(Cc2ccc3c(c2)OCO3)CC1. The first-order valence-corrected chi connectivity index (χ1v) is 10.1. The summed E-state index contributed by atoms with van der Waals surface area (Å²) in [5.74, 6) is 2.29. The molecule has 0 radical (unpaired) electrons. The summed E-state index contributed by atoms with van der Waals surface area (Å²) in [6.07, 6.45) is 10.5. The first kappa shape index (κ1) is 18.2. The van der Waals surface area contributed by atoms with Crippen molar-refractivity contribution >= 4 is 6.03 Å². The average Bonchev–Trinajstić information content (AvgIpc) is 3.17. The van der Waals surface area contributed by atoms with Crippen LogP contribution in [0.5, 0.6) is 11.5 Å². The van der Waals surface area contributed by atoms with Crippen molar-refractivity contribution in [3.63, 3.8) is 0 Å². The maximum Gasteiger partial charge on any atom is 0.321 e. The summed E-state index contributed by atoms with van der Waals surface area (Å²) in [6.45, 7) is 4.46. The number of carbonyl (C=O) groups is 1. The van der Waals surface area contributed by atoms with E-state index in [-0.39, 0.29) is 6.03 Å². The molecule has 0 unspecified atom stereocenters. The molecule has 0 atom stereocenters. The van der Waals surface area contributed by atoms with Gasteiger partial charge < -0.3 is 19.7 Å². The number of carbonyl (C=O) groups excluding carboxylic acids is 1. The van der Waals surface area contributed by atoms with Crippen LogP contribution in [0.25, 0.3) is 0 Å². The van der Waals surface area contributed by atoms with Crippen molar-refractivity contribution in [2.75, 3.05) is 33.0 Å². The van der Waals surface area contributed by atoms with Gasteiger partial charge in [0.15, 0.2) is 11.5 Å². The van der Waals surface area contributed by atoms with E-state index >= 15 is 0 Å². The maximum absolute atomic E-state index is 12.3. The second-order valence-corrected chi connectivity index (χ2v) is 7.66. The Morgan fingerprint density at radius 2 is 1.85 bits per heavy atom. The maximum atomic E-state index is 12.3. The van der Waals surface area contributed by atoms with Crippen LogP contribution in [0.15, 0.2) is 30.5 Å². The zero-order chi connectivity index (χ0) is 18.5. The van der Waals surface area contributed by atoms with Gasteiger partial charge in [-0.1, -0.05) is 31.4 Å². The van der Waals surface area contributed by atoms with Crippen LogP contribution in [0.3, 0.4) is 0 Å². The van der Waals surface area contributed by atoms with Gasteiger partial charge in [-0.3, -0.25) is 4.90 Å². The molecular formula is C21H29N3O3. The number of amides is 2. The molecular weight excluding hydrogens is 342 g/mol. The van der Waals surface area contributed by atoms with Crippen molar-refractivity contribution in [1.29, 1.82) is 0 Å². The summed E-state index contributed by atoms with van der Waals surface area (Å²) in [7, 11) is 0. The molecule has 6 heteroatoms. The van der Waals surface area contributed by atoms with E-state index in [4.69, 9.17) is 9.47 Å². The normalized spacial score (nSPS) is 21.0. The monoisotopic (exact) mass is 371 g/mol. The van der Waals surface area contributed by atoms with E-state index in [2.05, 4.69) is 28.4 Å². The largest absolute Gasteiger partial charge is 0.454 e. The number of fused-ring (bicyclic) bond motifs is 1. The van der Waals surface area contributed by atoms with Crippen molar-refractivity contribution in [3.05, 3.63) is 36.0 Å². The van der Waals surface area contributed by atoms with E-state index in [0.717, 1.165) is 44.2 Å². The molecule has 2 fully saturated rings. The molecule has 1 aliphatic carbocycles. The Hall–Kier alpha value is -2.21. The molecule has 1 aromatic rings. The van der Waals surface area contributed by atoms with Gasteiger partial charge in [0.2, 0.25) is 6.79 Å². The highest BCUT2D eigenvalue weighted by Gasteiger charge is 2.21. The summed E-state index contributed by atoms with van der Waals surface area (Å²) in [6, 6.07) is 6.13. The minimum absolute atomic E-state index is 0.0183. The zero-order valence-electron chi connectivity index (χ0n) is 15.9. The molecule has 1 N–H and O–H groups in total. The van der Waals surface area contributed by atoms with Gasteiger partial charge in [0.25, 0.3) is 0 Å². The Morgan fingerprint density at radius 1 is 1.07 bits per heavy atom. The van der Waals surface area contributed by atoms with E-state index in [1.807, 2.05) is 17.2 Å². The first-order valence-electron chi connectivity index (χ1n) is 10.1. The smallest absolute Gasteiger partial charge is 0.321 e. The number of rotatable bonds is 4. The number of piperazine rings is 1. The van der Waals surface area contributed by atoms with Gasteiger partial charge in [-0.25, -0.2) is 4.79 Å².